The van der Waals surface area contributed by atoms with E-state index >= 15 is 0 Å². The number of hydrogen-bond donors (Lipinski definition) is 0. The molecule has 0 aromatic carbocycles. The molecule has 3 saturated heterocycles. The highest BCUT2D eigenvalue weighted by molar-refractivity contribution is 5.87. The first-order valence-electron chi connectivity index (χ1n) is 4.12. The zero-order valence-corrected chi connectivity index (χ0v) is 6.16. The molecular weight excluding hydrogens is 144 g/mol. The molecule has 11 heavy (non-hydrogen) atoms. The highest BCUT2D eigenvalue weighted by atomic mass is 16.5. The van der Waals surface area contributed by atoms with Crippen molar-refractivity contribution in [3.8, 4) is 0 Å². The highest BCUT2D eigenvalue weighted by Gasteiger charge is 2.55. The molecule has 3 aliphatic heterocycles. The van der Waals surface area contributed by atoms with Gasteiger partial charge in [0, 0.05) is 18.3 Å². The van der Waals surface area contributed by atoms with E-state index in [9.17, 15) is 4.79 Å². The molecule has 4 atom stereocenters. The average molecular weight is 154 g/mol. The minimum absolute atomic E-state index is 0.104. The van der Waals surface area contributed by atoms with E-state index in [4.69, 9.17) is 9.47 Å². The van der Waals surface area contributed by atoms with Crippen LogP contribution in [0.3, 0.4) is 0 Å². The maximum absolute atomic E-state index is 11.2. The van der Waals surface area contributed by atoms with Gasteiger partial charge in [-0.1, -0.05) is 0 Å². The van der Waals surface area contributed by atoms with E-state index in [-0.39, 0.29) is 12.2 Å². The van der Waals surface area contributed by atoms with Crippen LogP contribution < -0.4 is 0 Å². The Morgan fingerprint density at radius 1 is 1.27 bits per heavy atom. The van der Waals surface area contributed by atoms with Gasteiger partial charge in [-0.3, -0.25) is 4.79 Å². The lowest BCUT2D eigenvalue weighted by Crippen LogP contribution is -2.32. The lowest BCUT2D eigenvalue weighted by molar-refractivity contribution is -0.123. The molecule has 3 nitrogen and oxygen atoms in total. The van der Waals surface area contributed by atoms with Gasteiger partial charge < -0.3 is 9.47 Å². The van der Waals surface area contributed by atoms with Gasteiger partial charge in [0.2, 0.25) is 0 Å². The van der Waals surface area contributed by atoms with Crippen molar-refractivity contribution in [1.82, 2.24) is 0 Å². The Morgan fingerprint density at radius 2 is 2.09 bits per heavy atom. The third-order valence-electron chi connectivity index (χ3n) is 3.08. The third kappa shape index (κ3) is 0.631. The maximum Gasteiger partial charge on any atom is 0.164 e. The SMILES string of the molecule is O=C1CC2OC1C1COCC21. The number of ketones is 1. The van der Waals surface area contributed by atoms with Crippen molar-refractivity contribution >= 4 is 5.78 Å². The van der Waals surface area contributed by atoms with Crippen molar-refractivity contribution in [1.29, 1.82) is 0 Å². The number of ether oxygens (including phenoxy) is 2. The molecule has 0 aromatic rings. The Hall–Kier alpha value is -0.410. The number of Topliss-reactive ketones (excluding diaryl/α,β-unsaturated/α-hetero) is 1. The number of hydrogen-bond acceptors (Lipinski definition) is 3. The van der Waals surface area contributed by atoms with Crippen LogP contribution in [-0.4, -0.2) is 31.2 Å². The second-order valence-electron chi connectivity index (χ2n) is 3.63. The smallest absolute Gasteiger partial charge is 0.164 e. The molecule has 0 radical (unpaired) electrons. The second kappa shape index (κ2) is 1.84. The van der Waals surface area contributed by atoms with Gasteiger partial charge in [0.05, 0.1) is 19.3 Å². The molecule has 3 fully saturated rings. The summed E-state index contributed by atoms with van der Waals surface area (Å²) in [7, 11) is 0. The third-order valence-corrected chi connectivity index (χ3v) is 3.08. The number of carbonyl (C=O) groups excluding carboxylic acids is 1. The molecule has 0 amide bonds. The van der Waals surface area contributed by atoms with Gasteiger partial charge in [-0.05, 0) is 0 Å². The standard InChI is InChI=1S/C8H10O3/c9-6-1-7-4-2-10-3-5(4)8(6)11-7/h4-5,7-8H,1-3H2. The molecule has 2 bridgehead atoms. The summed E-state index contributed by atoms with van der Waals surface area (Å²) in [5.41, 5.74) is 0. The summed E-state index contributed by atoms with van der Waals surface area (Å²) >= 11 is 0. The monoisotopic (exact) mass is 154 g/mol. The van der Waals surface area contributed by atoms with E-state index in [1.165, 1.54) is 0 Å². The zero-order valence-electron chi connectivity index (χ0n) is 6.16. The van der Waals surface area contributed by atoms with E-state index in [1.54, 1.807) is 0 Å². The van der Waals surface area contributed by atoms with Crippen LogP contribution in [0.2, 0.25) is 0 Å². The first-order valence-corrected chi connectivity index (χ1v) is 4.12. The van der Waals surface area contributed by atoms with E-state index in [2.05, 4.69) is 0 Å². The minimum Gasteiger partial charge on any atom is -0.381 e. The molecule has 4 unspecified atom stereocenters. The molecule has 0 aliphatic carbocycles. The number of rotatable bonds is 0. The van der Waals surface area contributed by atoms with Crippen molar-refractivity contribution in [2.75, 3.05) is 13.2 Å². The maximum atomic E-state index is 11.2. The lowest BCUT2D eigenvalue weighted by atomic mass is 9.81. The van der Waals surface area contributed by atoms with Crippen molar-refractivity contribution < 1.29 is 14.3 Å². The molecule has 0 N–H and O–H groups in total. The van der Waals surface area contributed by atoms with Crippen LogP contribution in [0, 0.1) is 11.8 Å². The highest BCUT2D eigenvalue weighted by Crippen LogP contribution is 2.44. The molecule has 0 spiro atoms. The minimum atomic E-state index is -0.104. The fourth-order valence-electron chi connectivity index (χ4n) is 2.50. The Labute approximate surface area is 64.7 Å². The largest absolute Gasteiger partial charge is 0.381 e. The average Bonchev–Trinajstić information content (AvgIpc) is 2.52. The van der Waals surface area contributed by atoms with Gasteiger partial charge in [0.15, 0.2) is 5.78 Å². The molecule has 3 heterocycles. The molecule has 0 saturated carbocycles. The summed E-state index contributed by atoms with van der Waals surface area (Å²) in [4.78, 5) is 11.2. The molecule has 3 rings (SSSR count). The van der Waals surface area contributed by atoms with E-state index < -0.39 is 0 Å². The Morgan fingerprint density at radius 3 is 3.00 bits per heavy atom. The fourth-order valence-corrected chi connectivity index (χ4v) is 2.50. The summed E-state index contributed by atoms with van der Waals surface area (Å²) in [5, 5.41) is 0. The summed E-state index contributed by atoms with van der Waals surface area (Å²) in [5.74, 6) is 1.21. The quantitative estimate of drug-likeness (QED) is 0.492. The predicted octanol–water partition coefficient (Wildman–Crippen LogP) is -0.0108. The first-order chi connectivity index (χ1) is 5.36. The Kier molecular flexibility index (Phi) is 1.03. The molecule has 3 heteroatoms. The van der Waals surface area contributed by atoms with E-state index in [1.807, 2.05) is 0 Å². The fraction of sp³-hybridized carbons (Fsp3) is 0.875. The van der Waals surface area contributed by atoms with Crippen molar-refractivity contribution in [3.05, 3.63) is 0 Å². The summed E-state index contributed by atoms with van der Waals surface area (Å²) in [6.45, 7) is 1.54. The van der Waals surface area contributed by atoms with Crippen LogP contribution in [0.15, 0.2) is 0 Å². The zero-order chi connectivity index (χ0) is 7.42. The van der Waals surface area contributed by atoms with E-state index in [0.717, 1.165) is 13.2 Å². The summed E-state index contributed by atoms with van der Waals surface area (Å²) < 4.78 is 10.8. The van der Waals surface area contributed by atoms with Crippen molar-refractivity contribution in [2.24, 2.45) is 11.8 Å². The van der Waals surface area contributed by atoms with Crippen LogP contribution in [-0.2, 0) is 14.3 Å². The van der Waals surface area contributed by atoms with Gasteiger partial charge in [-0.25, -0.2) is 0 Å². The van der Waals surface area contributed by atoms with Crippen LogP contribution in [0.25, 0.3) is 0 Å². The first kappa shape index (κ1) is 6.14. The Balaban J connectivity index is 1.95. The Bertz CT molecular complexity index is 213. The normalized spacial score (nSPS) is 53.6. The van der Waals surface area contributed by atoms with Crippen molar-refractivity contribution in [2.45, 2.75) is 18.6 Å². The molecular formula is C8H10O3. The lowest BCUT2D eigenvalue weighted by Gasteiger charge is -2.16. The van der Waals surface area contributed by atoms with Gasteiger partial charge in [-0.2, -0.15) is 0 Å². The van der Waals surface area contributed by atoms with Gasteiger partial charge >= 0.3 is 0 Å². The van der Waals surface area contributed by atoms with Crippen LogP contribution >= 0.6 is 0 Å². The summed E-state index contributed by atoms with van der Waals surface area (Å²) in [6.07, 6.45) is 0.724. The van der Waals surface area contributed by atoms with Gasteiger partial charge in [0.25, 0.3) is 0 Å². The van der Waals surface area contributed by atoms with Gasteiger partial charge in [0.1, 0.15) is 6.10 Å². The topological polar surface area (TPSA) is 35.5 Å². The molecule has 3 aliphatic rings. The second-order valence-corrected chi connectivity index (χ2v) is 3.63. The molecule has 0 aromatic heterocycles. The van der Waals surface area contributed by atoms with E-state index in [0.29, 0.717) is 24.0 Å². The predicted molar refractivity (Wildman–Crippen MR) is 36.1 cm³/mol. The van der Waals surface area contributed by atoms with Crippen LogP contribution in [0.4, 0.5) is 0 Å². The van der Waals surface area contributed by atoms with Crippen molar-refractivity contribution in [3.63, 3.8) is 0 Å². The van der Waals surface area contributed by atoms with Crippen LogP contribution in [0.1, 0.15) is 6.42 Å². The number of fused-ring (bicyclic) bond motifs is 5. The number of carbonyl (C=O) groups is 1. The van der Waals surface area contributed by atoms with Gasteiger partial charge in [-0.15, -0.1) is 0 Å². The molecule has 60 valence electrons. The van der Waals surface area contributed by atoms with Crippen LogP contribution in [0.5, 0.6) is 0 Å². The summed E-state index contributed by atoms with van der Waals surface area (Å²) in [6, 6.07) is 0.